The van der Waals surface area contributed by atoms with Gasteiger partial charge in [-0.15, -0.1) is 0 Å². The molecule has 0 atom stereocenters. The summed E-state index contributed by atoms with van der Waals surface area (Å²) in [5.74, 6) is -0.0946. The van der Waals surface area contributed by atoms with E-state index in [4.69, 9.17) is 0 Å². The molecule has 1 fully saturated rings. The van der Waals surface area contributed by atoms with Crippen molar-refractivity contribution in [1.29, 1.82) is 0 Å². The van der Waals surface area contributed by atoms with Gasteiger partial charge in [-0.05, 0) is 55.3 Å². The lowest BCUT2D eigenvalue weighted by molar-refractivity contribution is -0.892. The van der Waals surface area contributed by atoms with Crippen LogP contribution in [0.15, 0.2) is 42.5 Å². The first-order chi connectivity index (χ1) is 13.4. The second-order valence-corrected chi connectivity index (χ2v) is 7.44. The van der Waals surface area contributed by atoms with Gasteiger partial charge in [0.15, 0.2) is 6.54 Å². The van der Waals surface area contributed by atoms with Crippen molar-refractivity contribution in [1.82, 2.24) is 0 Å². The highest BCUT2D eigenvalue weighted by Gasteiger charge is 2.23. The Morgan fingerprint density at radius 1 is 0.964 bits per heavy atom. The van der Waals surface area contributed by atoms with Gasteiger partial charge in [-0.1, -0.05) is 12.1 Å². The summed E-state index contributed by atoms with van der Waals surface area (Å²) < 4.78 is 0. The molecule has 0 aromatic heterocycles. The topological polar surface area (TPSA) is 65.9 Å². The standard InChI is InChI=1S/C22H28N4O2/c1-16-5-4-6-21(17(16)2)26-13-11-25(12-14-26)15-22(28)24-20-9-7-19(8-10-20)23-18(3)27/h4-10H,11-15H2,1-3H3,(H,23,27)(H,24,28)/p+1. The van der Waals surface area contributed by atoms with Crippen molar-refractivity contribution in [3.05, 3.63) is 53.6 Å². The van der Waals surface area contributed by atoms with E-state index in [1.54, 1.807) is 24.3 Å². The van der Waals surface area contributed by atoms with Crippen molar-refractivity contribution >= 4 is 28.9 Å². The molecule has 1 saturated heterocycles. The van der Waals surface area contributed by atoms with E-state index in [9.17, 15) is 9.59 Å². The predicted octanol–water partition coefficient (Wildman–Crippen LogP) is 1.61. The molecule has 6 nitrogen and oxygen atoms in total. The number of carbonyl (C=O) groups is 2. The molecule has 1 heterocycles. The molecule has 28 heavy (non-hydrogen) atoms. The van der Waals surface area contributed by atoms with Crippen LogP contribution in [0, 0.1) is 13.8 Å². The number of quaternary nitrogens is 1. The Bertz CT molecular complexity index is 840. The third-order valence-electron chi connectivity index (χ3n) is 5.29. The molecule has 2 amide bonds. The van der Waals surface area contributed by atoms with Crippen molar-refractivity contribution in [2.75, 3.05) is 48.3 Å². The minimum absolute atomic E-state index is 0.0162. The van der Waals surface area contributed by atoms with Crippen LogP contribution >= 0.6 is 0 Å². The van der Waals surface area contributed by atoms with Crippen LogP contribution in [-0.2, 0) is 9.59 Å². The molecule has 0 saturated carbocycles. The molecule has 0 bridgehead atoms. The van der Waals surface area contributed by atoms with Crippen LogP contribution in [0.25, 0.3) is 0 Å². The molecule has 1 aliphatic rings. The zero-order valence-corrected chi connectivity index (χ0v) is 16.8. The SMILES string of the molecule is CC(=O)Nc1ccc(NC(=O)C[NH+]2CCN(c3cccc(C)c3C)CC2)cc1. The average molecular weight is 382 g/mol. The zero-order chi connectivity index (χ0) is 20.1. The monoisotopic (exact) mass is 381 g/mol. The van der Waals surface area contributed by atoms with Crippen LogP contribution in [0.1, 0.15) is 18.1 Å². The lowest BCUT2D eigenvalue weighted by Gasteiger charge is -2.34. The molecule has 2 aromatic carbocycles. The molecule has 3 rings (SSSR count). The number of piperazine rings is 1. The average Bonchev–Trinajstić information content (AvgIpc) is 2.66. The van der Waals surface area contributed by atoms with Gasteiger partial charge in [-0.3, -0.25) is 9.59 Å². The van der Waals surface area contributed by atoms with Gasteiger partial charge in [-0.25, -0.2) is 0 Å². The Balaban J connectivity index is 1.48. The van der Waals surface area contributed by atoms with Gasteiger partial charge < -0.3 is 20.4 Å². The van der Waals surface area contributed by atoms with E-state index >= 15 is 0 Å². The number of nitrogens with one attached hydrogen (secondary N) is 3. The summed E-state index contributed by atoms with van der Waals surface area (Å²) in [4.78, 5) is 27.2. The van der Waals surface area contributed by atoms with Crippen molar-refractivity contribution in [2.45, 2.75) is 20.8 Å². The summed E-state index contributed by atoms with van der Waals surface area (Å²) in [6, 6.07) is 13.6. The van der Waals surface area contributed by atoms with Crippen LogP contribution in [0.3, 0.4) is 0 Å². The van der Waals surface area contributed by atoms with Crippen molar-refractivity contribution in [3.8, 4) is 0 Å². The Kier molecular flexibility index (Phi) is 6.31. The van der Waals surface area contributed by atoms with Crippen molar-refractivity contribution in [2.24, 2.45) is 0 Å². The smallest absolute Gasteiger partial charge is 0.279 e. The van der Waals surface area contributed by atoms with Crippen LogP contribution < -0.4 is 20.4 Å². The fraction of sp³-hybridized carbons (Fsp3) is 0.364. The molecule has 148 valence electrons. The van der Waals surface area contributed by atoms with E-state index in [1.165, 1.54) is 28.6 Å². The maximum absolute atomic E-state index is 12.4. The van der Waals surface area contributed by atoms with Crippen LogP contribution in [0.4, 0.5) is 17.1 Å². The number of aryl methyl sites for hydroxylation is 1. The number of anilines is 3. The molecule has 6 heteroatoms. The summed E-state index contributed by atoms with van der Waals surface area (Å²) in [5, 5.41) is 5.66. The number of hydrogen-bond donors (Lipinski definition) is 3. The molecule has 0 spiro atoms. The fourth-order valence-electron chi connectivity index (χ4n) is 3.59. The van der Waals surface area contributed by atoms with Gasteiger partial charge in [0.2, 0.25) is 5.91 Å². The van der Waals surface area contributed by atoms with Crippen LogP contribution in [-0.4, -0.2) is 44.5 Å². The van der Waals surface area contributed by atoms with Crippen LogP contribution in [0.2, 0.25) is 0 Å². The first-order valence-corrected chi connectivity index (χ1v) is 9.74. The van der Waals surface area contributed by atoms with Gasteiger partial charge >= 0.3 is 0 Å². The number of nitrogens with zero attached hydrogens (tertiary/aromatic N) is 1. The van der Waals surface area contributed by atoms with Crippen molar-refractivity contribution < 1.29 is 14.5 Å². The number of rotatable bonds is 5. The van der Waals surface area contributed by atoms with Gasteiger partial charge in [0, 0.05) is 24.0 Å². The van der Waals surface area contributed by atoms with E-state index < -0.39 is 0 Å². The molecule has 2 aromatic rings. The van der Waals surface area contributed by atoms with E-state index in [2.05, 4.69) is 47.6 Å². The van der Waals surface area contributed by atoms with E-state index in [0.29, 0.717) is 6.54 Å². The zero-order valence-electron chi connectivity index (χ0n) is 16.8. The molecular formula is C22H29N4O2+. The molecule has 1 aliphatic heterocycles. The van der Waals surface area contributed by atoms with Crippen LogP contribution in [0.5, 0.6) is 0 Å². The summed E-state index contributed by atoms with van der Waals surface area (Å²) in [7, 11) is 0. The number of amides is 2. The quantitative estimate of drug-likeness (QED) is 0.737. The maximum atomic E-state index is 12.4. The second-order valence-electron chi connectivity index (χ2n) is 7.44. The molecule has 3 N–H and O–H groups in total. The van der Waals surface area contributed by atoms with Gasteiger partial charge in [0.25, 0.3) is 5.91 Å². The molecule has 0 unspecified atom stereocenters. The highest BCUT2D eigenvalue weighted by molar-refractivity contribution is 5.92. The first-order valence-electron chi connectivity index (χ1n) is 9.74. The van der Waals surface area contributed by atoms with Gasteiger partial charge in [0.05, 0.1) is 26.2 Å². The second kappa shape index (κ2) is 8.89. The third-order valence-corrected chi connectivity index (χ3v) is 5.29. The van der Waals surface area contributed by atoms with Gasteiger partial charge in [-0.2, -0.15) is 0 Å². The Morgan fingerprint density at radius 2 is 1.57 bits per heavy atom. The fourth-order valence-corrected chi connectivity index (χ4v) is 3.59. The summed E-state index contributed by atoms with van der Waals surface area (Å²) in [6.07, 6.45) is 0. The minimum Gasteiger partial charge on any atom is -0.360 e. The number of carbonyl (C=O) groups excluding carboxylic acids is 2. The molecule has 0 aliphatic carbocycles. The minimum atomic E-state index is -0.111. The molecular weight excluding hydrogens is 352 g/mol. The highest BCUT2D eigenvalue weighted by Crippen LogP contribution is 2.22. The largest absolute Gasteiger partial charge is 0.360 e. The highest BCUT2D eigenvalue weighted by atomic mass is 16.2. The predicted molar refractivity (Wildman–Crippen MR) is 113 cm³/mol. The Labute approximate surface area is 166 Å². The normalized spacial score (nSPS) is 14.6. The maximum Gasteiger partial charge on any atom is 0.279 e. The third kappa shape index (κ3) is 5.10. The van der Waals surface area contributed by atoms with E-state index in [-0.39, 0.29) is 11.8 Å². The number of benzene rings is 2. The van der Waals surface area contributed by atoms with E-state index in [1.807, 2.05) is 0 Å². The number of hydrogen-bond acceptors (Lipinski definition) is 3. The summed E-state index contributed by atoms with van der Waals surface area (Å²) in [5.41, 5.74) is 5.43. The summed E-state index contributed by atoms with van der Waals surface area (Å²) >= 11 is 0. The van der Waals surface area contributed by atoms with Gasteiger partial charge in [0.1, 0.15) is 0 Å². The Morgan fingerprint density at radius 3 is 2.18 bits per heavy atom. The molecule has 0 radical (unpaired) electrons. The lowest BCUT2D eigenvalue weighted by Crippen LogP contribution is -3.15. The lowest BCUT2D eigenvalue weighted by atomic mass is 10.1. The van der Waals surface area contributed by atoms with E-state index in [0.717, 1.165) is 37.6 Å². The first kappa shape index (κ1) is 19.9. The Hall–Kier alpha value is -2.86. The summed E-state index contributed by atoms with van der Waals surface area (Å²) in [6.45, 7) is 10.1. The van der Waals surface area contributed by atoms with Crippen molar-refractivity contribution in [3.63, 3.8) is 0 Å².